The molecule has 0 spiro atoms. The van der Waals surface area contributed by atoms with Crippen LogP contribution in [0.4, 0.5) is 10.2 Å². The molecule has 6 rings (SSSR count). The zero-order chi connectivity index (χ0) is 24.8. The van der Waals surface area contributed by atoms with Gasteiger partial charge in [-0.15, -0.1) is 0 Å². The molecule has 5 heterocycles. The van der Waals surface area contributed by atoms with Crippen LogP contribution < -0.4 is 10.6 Å². The molecule has 2 aliphatic rings. The summed E-state index contributed by atoms with van der Waals surface area (Å²) in [6.45, 7) is 1.17. The molecule has 2 N–H and O–H groups in total. The van der Waals surface area contributed by atoms with E-state index < -0.39 is 12.2 Å². The normalized spacial score (nSPS) is 24.1. The molecule has 4 aromatic heterocycles. The molecule has 1 saturated heterocycles. The molecule has 0 aromatic carbocycles. The molecule has 4 aromatic rings. The fraction of sp³-hybridized carbons (Fsp3) is 0.440. The molecule has 4 atom stereocenters. The van der Waals surface area contributed by atoms with Gasteiger partial charge in [0, 0.05) is 50.2 Å². The van der Waals surface area contributed by atoms with Crippen LogP contribution in [0.25, 0.3) is 27.9 Å². The molecule has 10 nitrogen and oxygen atoms in total. The fourth-order valence-corrected chi connectivity index (χ4v) is 5.09. The van der Waals surface area contributed by atoms with Crippen LogP contribution in [0.1, 0.15) is 35.7 Å². The Morgan fingerprint density at radius 3 is 2.92 bits per heavy atom. The Morgan fingerprint density at radius 1 is 1.28 bits per heavy atom. The van der Waals surface area contributed by atoms with Crippen LogP contribution >= 0.6 is 0 Å². The van der Waals surface area contributed by atoms with Crippen molar-refractivity contribution >= 4 is 28.4 Å². The number of hydrogen-bond donors (Lipinski definition) is 2. The first-order valence-electron chi connectivity index (χ1n) is 12.2. The van der Waals surface area contributed by atoms with Crippen molar-refractivity contribution in [2.45, 2.75) is 43.6 Å². The molecule has 188 valence electrons. The van der Waals surface area contributed by atoms with E-state index in [2.05, 4.69) is 31.5 Å². The number of methoxy groups -OCH3 is 1. The summed E-state index contributed by atoms with van der Waals surface area (Å²) in [6.07, 6.45) is 6.11. The molecule has 1 saturated carbocycles. The molecule has 36 heavy (non-hydrogen) atoms. The van der Waals surface area contributed by atoms with Crippen molar-refractivity contribution < 1.29 is 18.7 Å². The Kier molecular flexibility index (Phi) is 5.81. The molecule has 1 amide bonds. The number of nitrogens with one attached hydrogen (secondary N) is 2. The van der Waals surface area contributed by atoms with E-state index in [4.69, 9.17) is 14.5 Å². The highest BCUT2D eigenvalue weighted by Gasteiger charge is 2.33. The van der Waals surface area contributed by atoms with E-state index in [9.17, 15) is 9.18 Å². The van der Waals surface area contributed by atoms with Gasteiger partial charge in [0.1, 0.15) is 29.3 Å². The van der Waals surface area contributed by atoms with Gasteiger partial charge in [-0.2, -0.15) is 9.61 Å². The van der Waals surface area contributed by atoms with Crippen LogP contribution in [-0.4, -0.2) is 75.7 Å². The van der Waals surface area contributed by atoms with Gasteiger partial charge in [-0.25, -0.2) is 14.4 Å². The maximum absolute atomic E-state index is 13.8. The van der Waals surface area contributed by atoms with Crippen molar-refractivity contribution in [1.82, 2.24) is 29.5 Å². The molecule has 1 aliphatic carbocycles. The van der Waals surface area contributed by atoms with Crippen molar-refractivity contribution in [1.29, 1.82) is 0 Å². The van der Waals surface area contributed by atoms with Gasteiger partial charge >= 0.3 is 0 Å². The number of amides is 1. The van der Waals surface area contributed by atoms with Crippen LogP contribution in [0.2, 0.25) is 0 Å². The van der Waals surface area contributed by atoms with Crippen LogP contribution in [0.5, 0.6) is 0 Å². The van der Waals surface area contributed by atoms with Crippen LogP contribution in [0.3, 0.4) is 0 Å². The zero-order valence-corrected chi connectivity index (χ0v) is 20.1. The van der Waals surface area contributed by atoms with Crippen LogP contribution in [0, 0.1) is 0 Å². The minimum atomic E-state index is -1.01. The number of halogens is 1. The summed E-state index contributed by atoms with van der Waals surface area (Å²) >= 11 is 0. The third kappa shape index (κ3) is 3.70. The van der Waals surface area contributed by atoms with E-state index in [0.717, 1.165) is 23.0 Å². The summed E-state index contributed by atoms with van der Waals surface area (Å²) < 4.78 is 28.9. The first-order chi connectivity index (χ1) is 17.6. The number of rotatable bonds is 6. The van der Waals surface area contributed by atoms with E-state index >= 15 is 0 Å². The quantitative estimate of drug-likeness (QED) is 0.425. The number of alkyl halides is 1. The number of anilines is 1. The first-order valence-corrected chi connectivity index (χ1v) is 12.2. The van der Waals surface area contributed by atoms with Crippen molar-refractivity contribution in [3.05, 3.63) is 42.4 Å². The molecular weight excluding hydrogens is 465 g/mol. The lowest BCUT2D eigenvalue weighted by Crippen LogP contribution is -2.48. The monoisotopic (exact) mass is 493 g/mol. The predicted octanol–water partition coefficient (Wildman–Crippen LogP) is 2.99. The maximum Gasteiger partial charge on any atom is 0.257 e. The molecule has 1 aliphatic heterocycles. The summed E-state index contributed by atoms with van der Waals surface area (Å²) in [6, 6.07) is 5.42. The number of nitrogens with zero attached hydrogens (tertiary/aromatic N) is 5. The van der Waals surface area contributed by atoms with Crippen molar-refractivity contribution in [3.63, 3.8) is 0 Å². The zero-order valence-electron chi connectivity index (χ0n) is 20.1. The third-order valence-corrected chi connectivity index (χ3v) is 7.27. The highest BCUT2D eigenvalue weighted by molar-refractivity contribution is 6.01. The van der Waals surface area contributed by atoms with Gasteiger partial charge in [0.15, 0.2) is 5.65 Å². The second-order valence-corrected chi connectivity index (χ2v) is 9.27. The lowest BCUT2D eigenvalue weighted by Gasteiger charge is -2.31. The Hall–Kier alpha value is -3.57. The largest absolute Gasteiger partial charge is 0.379 e. The number of fused-ring (bicyclic) bond motifs is 2. The number of ether oxygens (including phenoxy) is 2. The minimum absolute atomic E-state index is 0.0647. The summed E-state index contributed by atoms with van der Waals surface area (Å²) in [5.74, 6) is 0.296. The van der Waals surface area contributed by atoms with E-state index in [1.165, 1.54) is 6.20 Å². The van der Waals surface area contributed by atoms with Gasteiger partial charge in [0.05, 0.1) is 30.6 Å². The van der Waals surface area contributed by atoms with Crippen molar-refractivity contribution in [3.8, 4) is 11.3 Å². The molecule has 2 fully saturated rings. The van der Waals surface area contributed by atoms with Gasteiger partial charge in [-0.1, -0.05) is 0 Å². The van der Waals surface area contributed by atoms with Gasteiger partial charge in [-0.05, 0) is 31.4 Å². The smallest absolute Gasteiger partial charge is 0.257 e. The summed E-state index contributed by atoms with van der Waals surface area (Å²) in [5.41, 5.74) is 3.09. The SMILES string of the molecule is CNc1cc(-c2cn([C@H]3CCOC[C@H]3OC)c3ncccc23)nc2c(C(=O)N[C@@H]3CC[C@H]3F)cnn12. The lowest BCUT2D eigenvalue weighted by molar-refractivity contribution is -0.0592. The highest BCUT2D eigenvalue weighted by Crippen LogP contribution is 2.35. The fourth-order valence-electron chi connectivity index (χ4n) is 5.09. The lowest BCUT2D eigenvalue weighted by atomic mass is 9.90. The molecule has 0 unspecified atom stereocenters. The van der Waals surface area contributed by atoms with Gasteiger partial charge < -0.3 is 24.7 Å². The van der Waals surface area contributed by atoms with Gasteiger partial charge in [-0.3, -0.25) is 4.79 Å². The number of hydrogen-bond acceptors (Lipinski definition) is 7. The summed E-state index contributed by atoms with van der Waals surface area (Å²) in [5, 5.41) is 11.2. The number of aromatic nitrogens is 5. The Labute approximate surface area is 206 Å². The van der Waals surface area contributed by atoms with Gasteiger partial charge in [0.2, 0.25) is 0 Å². The van der Waals surface area contributed by atoms with Crippen molar-refractivity contribution in [2.75, 3.05) is 32.7 Å². The second kappa shape index (κ2) is 9.14. The Balaban J connectivity index is 1.47. The molecular formula is C25H28FN7O3. The number of pyridine rings is 1. The average molecular weight is 494 g/mol. The maximum atomic E-state index is 13.8. The van der Waals surface area contributed by atoms with Crippen LogP contribution in [-0.2, 0) is 9.47 Å². The standard InChI is InChI=1S/C25H28FN7O3/c1-27-22-10-19(30-24-15(11-29-33(22)24)25(34)31-18-6-5-17(18)26)16-12-32(23-14(16)4-3-8-28-23)20-7-9-36-13-21(20)35-2/h3-4,8,10-12,17-18,20-21,27H,5-7,9,13H2,1-2H3,(H,31,34)/t17-,18-,20+,21-/m1/s1. The number of carbonyl (C=O) groups excluding carboxylic acids is 1. The van der Waals surface area contributed by atoms with E-state index in [0.29, 0.717) is 48.8 Å². The summed E-state index contributed by atoms with van der Waals surface area (Å²) in [7, 11) is 3.49. The molecule has 0 radical (unpaired) electrons. The van der Waals surface area contributed by atoms with E-state index in [1.54, 1.807) is 24.9 Å². The second-order valence-electron chi connectivity index (χ2n) is 9.27. The highest BCUT2D eigenvalue weighted by atomic mass is 19.1. The summed E-state index contributed by atoms with van der Waals surface area (Å²) in [4.78, 5) is 22.5. The third-order valence-electron chi connectivity index (χ3n) is 7.27. The minimum Gasteiger partial charge on any atom is -0.379 e. The van der Waals surface area contributed by atoms with Gasteiger partial charge in [0.25, 0.3) is 5.91 Å². The van der Waals surface area contributed by atoms with Crippen LogP contribution in [0.15, 0.2) is 36.8 Å². The predicted molar refractivity (Wildman–Crippen MR) is 132 cm³/mol. The Morgan fingerprint density at radius 2 is 2.17 bits per heavy atom. The van der Waals surface area contributed by atoms with E-state index in [-0.39, 0.29) is 18.1 Å². The Bertz CT molecular complexity index is 1430. The van der Waals surface area contributed by atoms with E-state index in [1.807, 2.05) is 18.2 Å². The topological polar surface area (TPSA) is 108 Å². The van der Waals surface area contributed by atoms with Crippen molar-refractivity contribution in [2.24, 2.45) is 0 Å². The first kappa shape index (κ1) is 22.9. The molecule has 11 heteroatoms. The number of carbonyl (C=O) groups is 1. The molecule has 0 bridgehead atoms. The average Bonchev–Trinajstić information content (AvgIpc) is 3.52.